The Morgan fingerprint density at radius 2 is 1.46 bits per heavy atom. The lowest BCUT2D eigenvalue weighted by Gasteiger charge is -2.37. The number of rotatable bonds is 3. The average molecular weight is 338 g/mol. The second-order valence-electron chi connectivity index (χ2n) is 8.43. The Morgan fingerprint density at radius 3 is 2.00 bits per heavy atom. The molecule has 0 aromatic rings. The quantitative estimate of drug-likeness (QED) is 0.860. The lowest BCUT2D eigenvalue weighted by atomic mass is 9.94. The molecule has 1 aliphatic carbocycles. The van der Waals surface area contributed by atoms with Gasteiger partial charge in [-0.25, -0.2) is 0 Å². The lowest BCUT2D eigenvalue weighted by molar-refractivity contribution is -0.141. The molecule has 2 amide bonds. The molecule has 0 radical (unpaired) electrons. The van der Waals surface area contributed by atoms with Crippen molar-refractivity contribution in [1.29, 1.82) is 0 Å². The Bertz CT molecular complexity index is 415. The van der Waals surface area contributed by atoms with Gasteiger partial charge in [-0.15, -0.1) is 0 Å². The molecule has 0 unspecified atom stereocenters. The second kappa shape index (κ2) is 8.84. The van der Waals surface area contributed by atoms with Crippen molar-refractivity contribution in [3.63, 3.8) is 0 Å². The summed E-state index contributed by atoms with van der Waals surface area (Å²) in [5.41, 5.74) is -0.322. The van der Waals surface area contributed by atoms with Crippen molar-refractivity contribution in [2.24, 2.45) is 5.41 Å². The number of carbonyl (C=O) groups excluding carboxylic acids is 2. The zero-order valence-electron chi connectivity index (χ0n) is 15.8. The van der Waals surface area contributed by atoms with Crippen LogP contribution in [0, 0.1) is 5.41 Å². The molecule has 0 aromatic carbocycles. The van der Waals surface area contributed by atoms with Gasteiger partial charge >= 0.3 is 0 Å². The van der Waals surface area contributed by atoms with Gasteiger partial charge in [0.05, 0.1) is 6.54 Å². The molecule has 1 saturated heterocycles. The average Bonchev–Trinajstić information content (AvgIpc) is 2.49. The molecule has 5 heteroatoms. The van der Waals surface area contributed by atoms with Crippen LogP contribution in [-0.2, 0) is 9.59 Å². The largest absolute Gasteiger partial charge is 0.352 e. The third kappa shape index (κ3) is 6.08. The van der Waals surface area contributed by atoms with E-state index in [1.165, 1.54) is 32.1 Å². The highest BCUT2D eigenvalue weighted by atomic mass is 16.2. The van der Waals surface area contributed by atoms with Crippen LogP contribution in [0.25, 0.3) is 0 Å². The molecule has 2 aliphatic rings. The van der Waals surface area contributed by atoms with Gasteiger partial charge in [0.25, 0.3) is 0 Å². The Hall–Kier alpha value is -1.10. The highest BCUT2D eigenvalue weighted by Crippen LogP contribution is 2.19. The number of nitrogens with zero attached hydrogens (tertiary/aromatic N) is 2. The molecule has 0 atom stereocenters. The lowest BCUT2D eigenvalue weighted by Crippen LogP contribution is -2.53. The fraction of sp³-hybridized carbons (Fsp3) is 0.895. The smallest absolute Gasteiger partial charge is 0.234 e. The van der Waals surface area contributed by atoms with Crippen LogP contribution in [0.2, 0.25) is 0 Å². The van der Waals surface area contributed by atoms with Crippen molar-refractivity contribution in [3.8, 4) is 0 Å². The summed E-state index contributed by atoms with van der Waals surface area (Å²) in [6, 6.07) is 0.363. The van der Waals surface area contributed by atoms with Crippen LogP contribution in [0.15, 0.2) is 0 Å². The monoisotopic (exact) mass is 337 g/mol. The predicted octanol–water partition coefficient (Wildman–Crippen LogP) is 2.41. The van der Waals surface area contributed by atoms with Gasteiger partial charge in [-0.2, -0.15) is 0 Å². The molecule has 1 aliphatic heterocycles. The fourth-order valence-electron chi connectivity index (χ4n) is 3.66. The van der Waals surface area contributed by atoms with E-state index in [-0.39, 0.29) is 17.2 Å². The Labute approximate surface area is 147 Å². The molecule has 0 aromatic heterocycles. The van der Waals surface area contributed by atoms with Crippen LogP contribution in [-0.4, -0.2) is 60.4 Å². The molecule has 2 rings (SSSR count). The molecule has 0 bridgehead atoms. The molecule has 24 heavy (non-hydrogen) atoms. The summed E-state index contributed by atoms with van der Waals surface area (Å²) in [6.07, 6.45) is 8.67. The topological polar surface area (TPSA) is 52.7 Å². The van der Waals surface area contributed by atoms with E-state index in [9.17, 15) is 9.59 Å². The highest BCUT2D eigenvalue weighted by molar-refractivity contribution is 5.81. The zero-order chi connectivity index (χ0) is 17.6. The normalized spacial score (nSPS) is 21.9. The van der Waals surface area contributed by atoms with Crippen LogP contribution in [0.4, 0.5) is 0 Å². The SMILES string of the molecule is CC(C)(C)C(=O)N1CCN(CC(=O)NC2CCCCCCC2)CC1. The third-order valence-electron chi connectivity index (χ3n) is 5.14. The van der Waals surface area contributed by atoms with E-state index in [0.29, 0.717) is 12.6 Å². The number of nitrogens with one attached hydrogen (secondary N) is 1. The minimum atomic E-state index is -0.322. The van der Waals surface area contributed by atoms with Crippen molar-refractivity contribution in [1.82, 2.24) is 15.1 Å². The Balaban J connectivity index is 1.71. The molecule has 138 valence electrons. The fourth-order valence-corrected chi connectivity index (χ4v) is 3.66. The summed E-state index contributed by atoms with van der Waals surface area (Å²) in [5.74, 6) is 0.359. The second-order valence-corrected chi connectivity index (χ2v) is 8.43. The summed E-state index contributed by atoms with van der Waals surface area (Å²) in [4.78, 5) is 28.7. The number of amides is 2. The van der Waals surface area contributed by atoms with Gasteiger partial charge in [-0.05, 0) is 12.8 Å². The van der Waals surface area contributed by atoms with Crippen molar-refractivity contribution in [3.05, 3.63) is 0 Å². The van der Waals surface area contributed by atoms with E-state index in [1.807, 2.05) is 25.7 Å². The molecule has 2 fully saturated rings. The summed E-state index contributed by atoms with van der Waals surface area (Å²) < 4.78 is 0. The van der Waals surface area contributed by atoms with Gasteiger partial charge in [0.1, 0.15) is 0 Å². The summed E-state index contributed by atoms with van der Waals surface area (Å²) >= 11 is 0. The minimum absolute atomic E-state index is 0.149. The van der Waals surface area contributed by atoms with Gasteiger partial charge < -0.3 is 10.2 Å². The molecule has 5 nitrogen and oxygen atoms in total. The summed E-state index contributed by atoms with van der Waals surface area (Å²) in [6.45, 7) is 9.39. The first kappa shape index (κ1) is 19.2. The highest BCUT2D eigenvalue weighted by Gasteiger charge is 2.30. The van der Waals surface area contributed by atoms with Gasteiger partial charge in [0.2, 0.25) is 11.8 Å². The third-order valence-corrected chi connectivity index (χ3v) is 5.14. The Kier molecular flexibility index (Phi) is 7.08. The maximum atomic E-state index is 12.3. The zero-order valence-corrected chi connectivity index (χ0v) is 15.8. The van der Waals surface area contributed by atoms with Gasteiger partial charge in [0, 0.05) is 37.6 Å². The molecule has 1 N–H and O–H groups in total. The standard InChI is InChI=1S/C19H35N3O2/c1-19(2,3)18(24)22-13-11-21(12-14-22)15-17(23)20-16-9-7-5-4-6-8-10-16/h16H,4-15H2,1-3H3,(H,20,23). The van der Waals surface area contributed by atoms with Crippen molar-refractivity contribution >= 4 is 11.8 Å². The predicted molar refractivity (Wildman–Crippen MR) is 96.7 cm³/mol. The van der Waals surface area contributed by atoms with Crippen LogP contribution in [0.1, 0.15) is 65.7 Å². The molecule has 1 heterocycles. The van der Waals surface area contributed by atoms with E-state index in [4.69, 9.17) is 0 Å². The van der Waals surface area contributed by atoms with Gasteiger partial charge in [0.15, 0.2) is 0 Å². The number of carbonyl (C=O) groups is 2. The first-order valence-corrected chi connectivity index (χ1v) is 9.67. The molecule has 0 spiro atoms. The van der Waals surface area contributed by atoms with E-state index in [0.717, 1.165) is 39.0 Å². The number of hydrogen-bond acceptors (Lipinski definition) is 3. The molecular weight excluding hydrogens is 302 g/mol. The number of hydrogen-bond donors (Lipinski definition) is 1. The first-order chi connectivity index (χ1) is 11.4. The summed E-state index contributed by atoms with van der Waals surface area (Å²) in [7, 11) is 0. The van der Waals surface area contributed by atoms with Gasteiger partial charge in [-0.1, -0.05) is 52.9 Å². The Morgan fingerprint density at radius 1 is 0.917 bits per heavy atom. The van der Waals surface area contributed by atoms with Crippen molar-refractivity contribution in [2.75, 3.05) is 32.7 Å². The van der Waals surface area contributed by atoms with Crippen LogP contribution in [0.5, 0.6) is 0 Å². The van der Waals surface area contributed by atoms with Crippen molar-refractivity contribution in [2.45, 2.75) is 71.8 Å². The van der Waals surface area contributed by atoms with Crippen molar-refractivity contribution < 1.29 is 9.59 Å². The first-order valence-electron chi connectivity index (χ1n) is 9.67. The van der Waals surface area contributed by atoms with Crippen LogP contribution in [0.3, 0.4) is 0 Å². The molecular formula is C19H35N3O2. The summed E-state index contributed by atoms with van der Waals surface area (Å²) in [5, 5.41) is 3.23. The van der Waals surface area contributed by atoms with Crippen LogP contribution < -0.4 is 5.32 Å². The van der Waals surface area contributed by atoms with E-state index in [1.54, 1.807) is 0 Å². The minimum Gasteiger partial charge on any atom is -0.352 e. The van der Waals surface area contributed by atoms with Gasteiger partial charge in [-0.3, -0.25) is 14.5 Å². The van der Waals surface area contributed by atoms with E-state index >= 15 is 0 Å². The molecule has 1 saturated carbocycles. The van der Waals surface area contributed by atoms with E-state index < -0.39 is 0 Å². The maximum Gasteiger partial charge on any atom is 0.234 e. The number of piperazine rings is 1. The van der Waals surface area contributed by atoms with Crippen LogP contribution >= 0.6 is 0 Å². The maximum absolute atomic E-state index is 12.3. The van der Waals surface area contributed by atoms with E-state index in [2.05, 4.69) is 10.2 Å².